The van der Waals surface area contributed by atoms with Gasteiger partial charge >= 0.3 is 0 Å². The van der Waals surface area contributed by atoms with Crippen LogP contribution in [0.3, 0.4) is 0 Å². The summed E-state index contributed by atoms with van der Waals surface area (Å²) in [5.74, 6) is -0.413. The molecule has 0 spiro atoms. The van der Waals surface area contributed by atoms with E-state index in [2.05, 4.69) is 15.6 Å². The third kappa shape index (κ3) is 2.47. The van der Waals surface area contributed by atoms with Crippen LogP contribution in [0.25, 0.3) is 11.3 Å². The van der Waals surface area contributed by atoms with Gasteiger partial charge in [0.05, 0.1) is 22.5 Å². The number of rotatable bonds is 3. The van der Waals surface area contributed by atoms with Crippen molar-refractivity contribution in [3.05, 3.63) is 70.0 Å². The Bertz CT molecular complexity index is 921. The van der Waals surface area contributed by atoms with Crippen molar-refractivity contribution in [3.63, 3.8) is 0 Å². The van der Waals surface area contributed by atoms with E-state index in [1.807, 2.05) is 17.5 Å². The SMILES string of the molecule is O=C(Nc1ccc(-c2cscn2)c2c1C(=O)NC2)c1ccccc1. The van der Waals surface area contributed by atoms with E-state index in [1.54, 1.807) is 35.8 Å². The summed E-state index contributed by atoms with van der Waals surface area (Å²) in [5, 5.41) is 7.62. The van der Waals surface area contributed by atoms with E-state index >= 15 is 0 Å². The zero-order chi connectivity index (χ0) is 16.5. The Labute approximate surface area is 142 Å². The number of aromatic nitrogens is 1. The fraction of sp³-hybridized carbons (Fsp3) is 0.0556. The van der Waals surface area contributed by atoms with E-state index in [0.29, 0.717) is 23.4 Å². The molecule has 0 unspecified atom stereocenters. The number of nitrogens with one attached hydrogen (secondary N) is 2. The molecule has 1 aliphatic rings. The maximum atomic E-state index is 12.4. The van der Waals surface area contributed by atoms with Crippen LogP contribution in [-0.4, -0.2) is 16.8 Å². The third-order valence-corrected chi connectivity index (χ3v) is 4.54. The van der Waals surface area contributed by atoms with Gasteiger partial charge in [-0.05, 0) is 23.8 Å². The molecule has 5 nitrogen and oxygen atoms in total. The highest BCUT2D eigenvalue weighted by Crippen LogP contribution is 2.33. The molecule has 4 rings (SSSR count). The molecule has 0 atom stereocenters. The molecule has 0 aliphatic carbocycles. The lowest BCUT2D eigenvalue weighted by Gasteiger charge is -2.11. The molecule has 0 radical (unpaired) electrons. The average Bonchev–Trinajstić information content (AvgIpc) is 3.27. The molecule has 2 amide bonds. The number of anilines is 1. The number of hydrogen-bond donors (Lipinski definition) is 2. The second-order valence-corrected chi connectivity index (χ2v) is 6.11. The monoisotopic (exact) mass is 335 g/mol. The van der Waals surface area contributed by atoms with E-state index in [0.717, 1.165) is 16.8 Å². The molecule has 2 heterocycles. The van der Waals surface area contributed by atoms with Crippen LogP contribution < -0.4 is 10.6 Å². The predicted octanol–water partition coefficient (Wildman–Crippen LogP) is 3.31. The lowest BCUT2D eigenvalue weighted by atomic mass is 9.99. The second-order valence-electron chi connectivity index (χ2n) is 5.39. The van der Waals surface area contributed by atoms with Gasteiger partial charge in [0.1, 0.15) is 0 Å². The van der Waals surface area contributed by atoms with Crippen LogP contribution in [0.4, 0.5) is 5.69 Å². The minimum atomic E-state index is -0.237. The van der Waals surface area contributed by atoms with Gasteiger partial charge in [0.15, 0.2) is 0 Å². The van der Waals surface area contributed by atoms with Crippen molar-refractivity contribution in [3.8, 4) is 11.3 Å². The van der Waals surface area contributed by atoms with E-state index in [1.165, 1.54) is 11.3 Å². The van der Waals surface area contributed by atoms with Crippen molar-refractivity contribution in [1.82, 2.24) is 10.3 Å². The van der Waals surface area contributed by atoms with E-state index in [4.69, 9.17) is 0 Å². The van der Waals surface area contributed by atoms with Crippen molar-refractivity contribution < 1.29 is 9.59 Å². The highest BCUT2D eigenvalue weighted by Gasteiger charge is 2.27. The Kier molecular flexibility index (Phi) is 3.59. The fourth-order valence-corrected chi connectivity index (χ4v) is 3.37. The number of nitrogens with zero attached hydrogens (tertiary/aromatic N) is 1. The summed E-state index contributed by atoms with van der Waals surface area (Å²) in [6.45, 7) is 0.441. The minimum Gasteiger partial charge on any atom is -0.348 e. The third-order valence-electron chi connectivity index (χ3n) is 3.96. The summed E-state index contributed by atoms with van der Waals surface area (Å²) >= 11 is 1.51. The molecule has 118 valence electrons. The van der Waals surface area contributed by atoms with E-state index in [9.17, 15) is 9.59 Å². The van der Waals surface area contributed by atoms with Crippen LogP contribution in [0.5, 0.6) is 0 Å². The van der Waals surface area contributed by atoms with Gasteiger partial charge in [-0.3, -0.25) is 9.59 Å². The lowest BCUT2D eigenvalue weighted by molar-refractivity contribution is 0.0966. The topological polar surface area (TPSA) is 71.1 Å². The number of fused-ring (bicyclic) bond motifs is 1. The van der Waals surface area contributed by atoms with Crippen LogP contribution in [0, 0.1) is 0 Å². The Hall–Kier alpha value is -2.99. The van der Waals surface area contributed by atoms with Crippen molar-refractivity contribution in [2.75, 3.05) is 5.32 Å². The van der Waals surface area contributed by atoms with Gasteiger partial charge in [0, 0.05) is 23.1 Å². The largest absolute Gasteiger partial charge is 0.348 e. The van der Waals surface area contributed by atoms with Crippen molar-refractivity contribution in [2.45, 2.75) is 6.54 Å². The molecule has 0 saturated heterocycles. The number of hydrogen-bond acceptors (Lipinski definition) is 4. The highest BCUT2D eigenvalue weighted by molar-refractivity contribution is 7.07. The summed E-state index contributed by atoms with van der Waals surface area (Å²) in [6, 6.07) is 12.6. The number of thiazole rings is 1. The molecular formula is C18H13N3O2S. The first-order valence-electron chi connectivity index (χ1n) is 7.43. The first kappa shape index (κ1) is 14.6. The van der Waals surface area contributed by atoms with Gasteiger partial charge in [-0.25, -0.2) is 4.98 Å². The van der Waals surface area contributed by atoms with Crippen molar-refractivity contribution in [1.29, 1.82) is 0 Å². The minimum absolute atomic E-state index is 0.176. The van der Waals surface area contributed by atoms with Gasteiger partial charge in [-0.15, -0.1) is 11.3 Å². The molecule has 2 aromatic carbocycles. The van der Waals surface area contributed by atoms with Crippen LogP contribution >= 0.6 is 11.3 Å². The molecule has 1 aliphatic heterocycles. The fourth-order valence-electron chi connectivity index (χ4n) is 2.82. The molecule has 3 aromatic rings. The molecule has 1 aromatic heterocycles. The molecule has 6 heteroatoms. The summed E-state index contributed by atoms with van der Waals surface area (Å²) in [6.07, 6.45) is 0. The molecule has 0 saturated carbocycles. The normalized spacial score (nSPS) is 12.6. The second kappa shape index (κ2) is 5.90. The Morgan fingerprint density at radius 3 is 2.75 bits per heavy atom. The zero-order valence-corrected chi connectivity index (χ0v) is 13.4. The predicted molar refractivity (Wildman–Crippen MR) is 93.1 cm³/mol. The quantitative estimate of drug-likeness (QED) is 0.771. The first-order chi connectivity index (χ1) is 11.7. The van der Waals surface area contributed by atoms with Gasteiger partial charge in [0.25, 0.3) is 11.8 Å². The van der Waals surface area contributed by atoms with Crippen LogP contribution in [0.2, 0.25) is 0 Å². The smallest absolute Gasteiger partial charge is 0.255 e. The molecular weight excluding hydrogens is 322 g/mol. The highest BCUT2D eigenvalue weighted by atomic mass is 32.1. The summed E-state index contributed by atoms with van der Waals surface area (Å²) in [7, 11) is 0. The summed E-state index contributed by atoms with van der Waals surface area (Å²) < 4.78 is 0. The number of carbonyl (C=O) groups excluding carboxylic acids is 2. The van der Waals surface area contributed by atoms with Crippen LogP contribution in [0.1, 0.15) is 26.3 Å². The number of amides is 2. The number of benzene rings is 2. The summed E-state index contributed by atoms with van der Waals surface area (Å²) in [5.41, 5.74) is 5.98. The van der Waals surface area contributed by atoms with Crippen LogP contribution in [-0.2, 0) is 6.54 Å². The lowest BCUT2D eigenvalue weighted by Crippen LogP contribution is -2.17. The van der Waals surface area contributed by atoms with Gasteiger partial charge in [-0.1, -0.05) is 24.3 Å². The average molecular weight is 335 g/mol. The van der Waals surface area contributed by atoms with Crippen LogP contribution in [0.15, 0.2) is 53.4 Å². The maximum absolute atomic E-state index is 12.4. The van der Waals surface area contributed by atoms with Gasteiger partial charge < -0.3 is 10.6 Å². The van der Waals surface area contributed by atoms with E-state index in [-0.39, 0.29) is 11.8 Å². The Morgan fingerprint density at radius 2 is 2.00 bits per heavy atom. The van der Waals surface area contributed by atoms with Crippen molar-refractivity contribution in [2.24, 2.45) is 0 Å². The Morgan fingerprint density at radius 1 is 1.17 bits per heavy atom. The molecule has 2 N–H and O–H groups in total. The first-order valence-corrected chi connectivity index (χ1v) is 8.37. The maximum Gasteiger partial charge on any atom is 0.255 e. The zero-order valence-electron chi connectivity index (χ0n) is 12.6. The molecule has 0 fully saturated rings. The van der Waals surface area contributed by atoms with E-state index < -0.39 is 0 Å². The molecule has 0 bridgehead atoms. The van der Waals surface area contributed by atoms with Gasteiger partial charge in [-0.2, -0.15) is 0 Å². The standard InChI is InChI=1S/C18H13N3O2S/c22-17(11-4-2-1-3-5-11)21-14-7-6-12(15-9-24-10-20-15)13-8-19-18(23)16(13)14/h1-7,9-10H,8H2,(H,19,23)(H,21,22). The van der Waals surface area contributed by atoms with Gasteiger partial charge in [0.2, 0.25) is 0 Å². The van der Waals surface area contributed by atoms with Crippen molar-refractivity contribution >= 4 is 28.8 Å². The number of carbonyl (C=O) groups is 2. The summed E-state index contributed by atoms with van der Waals surface area (Å²) in [4.78, 5) is 28.9. The Balaban J connectivity index is 1.74. The molecule has 24 heavy (non-hydrogen) atoms.